The second kappa shape index (κ2) is 6.61. The lowest BCUT2D eigenvalue weighted by Crippen LogP contribution is -1.93. The van der Waals surface area contributed by atoms with E-state index in [0.29, 0.717) is 6.61 Å². The summed E-state index contributed by atoms with van der Waals surface area (Å²) in [6, 6.07) is 16.3. The van der Waals surface area contributed by atoms with Crippen molar-refractivity contribution in [3.63, 3.8) is 0 Å². The van der Waals surface area contributed by atoms with Crippen LogP contribution in [0.5, 0.6) is 5.75 Å². The summed E-state index contributed by atoms with van der Waals surface area (Å²) in [6.07, 6.45) is 0. The van der Waals surface area contributed by atoms with E-state index in [2.05, 4.69) is 40.8 Å². The van der Waals surface area contributed by atoms with Crippen LogP contribution in [0, 0.1) is 6.92 Å². The highest BCUT2D eigenvalue weighted by molar-refractivity contribution is 7.14. The number of fused-ring (bicyclic) bond motifs is 1. The molecule has 0 unspecified atom stereocenters. The second-order valence-corrected chi connectivity index (χ2v) is 6.65. The fraction of sp³-hybridized carbons (Fsp3) is 0.150. The van der Waals surface area contributed by atoms with E-state index in [0.717, 1.165) is 33.5 Å². The number of hydrogen-bond acceptors (Lipinski definition) is 4. The zero-order valence-electron chi connectivity index (χ0n) is 14.2. The first-order chi connectivity index (χ1) is 12.2. The first-order valence-corrected chi connectivity index (χ1v) is 9.15. The molecule has 4 aromatic rings. The van der Waals surface area contributed by atoms with Gasteiger partial charge < -0.3 is 15.0 Å². The van der Waals surface area contributed by atoms with Crippen LogP contribution in [0.15, 0.2) is 53.9 Å². The molecule has 0 saturated carbocycles. The van der Waals surface area contributed by atoms with Gasteiger partial charge in [-0.05, 0) is 44.2 Å². The van der Waals surface area contributed by atoms with Gasteiger partial charge in [0.15, 0.2) is 5.13 Å². The summed E-state index contributed by atoms with van der Waals surface area (Å²) in [7, 11) is 0. The molecule has 0 aliphatic carbocycles. The molecule has 0 spiro atoms. The van der Waals surface area contributed by atoms with E-state index < -0.39 is 0 Å². The summed E-state index contributed by atoms with van der Waals surface area (Å²) in [4.78, 5) is 8.21. The summed E-state index contributed by atoms with van der Waals surface area (Å²) >= 11 is 1.61. The fourth-order valence-electron chi connectivity index (χ4n) is 2.98. The summed E-state index contributed by atoms with van der Waals surface area (Å²) in [5.74, 6) is 0.877. The number of anilines is 2. The third-order valence-corrected chi connectivity index (χ3v) is 4.83. The number of H-pyrrole nitrogens is 1. The maximum atomic E-state index is 5.47. The molecule has 126 valence electrons. The maximum Gasteiger partial charge on any atom is 0.187 e. The average molecular weight is 349 g/mol. The molecule has 4 nitrogen and oxygen atoms in total. The number of ether oxygens (including phenoxy) is 1. The summed E-state index contributed by atoms with van der Waals surface area (Å²) in [5, 5.41) is 7.55. The van der Waals surface area contributed by atoms with E-state index in [1.807, 2.05) is 37.3 Å². The number of thiazole rings is 1. The molecule has 25 heavy (non-hydrogen) atoms. The smallest absolute Gasteiger partial charge is 0.187 e. The van der Waals surface area contributed by atoms with Gasteiger partial charge >= 0.3 is 0 Å². The van der Waals surface area contributed by atoms with Crippen molar-refractivity contribution in [2.24, 2.45) is 0 Å². The number of aryl methyl sites for hydroxylation is 1. The Labute approximate surface area is 150 Å². The predicted molar refractivity (Wildman–Crippen MR) is 105 cm³/mol. The molecule has 0 aliphatic rings. The van der Waals surface area contributed by atoms with Crippen LogP contribution in [-0.4, -0.2) is 16.6 Å². The Morgan fingerprint density at radius 2 is 1.92 bits per heavy atom. The number of rotatable bonds is 5. The van der Waals surface area contributed by atoms with E-state index in [9.17, 15) is 0 Å². The minimum Gasteiger partial charge on any atom is -0.494 e. The van der Waals surface area contributed by atoms with Crippen LogP contribution in [0.1, 0.15) is 12.6 Å². The number of hydrogen-bond donors (Lipinski definition) is 2. The topological polar surface area (TPSA) is 49.9 Å². The summed E-state index contributed by atoms with van der Waals surface area (Å²) in [5.41, 5.74) is 5.45. The molecule has 0 atom stereocenters. The number of aromatic nitrogens is 2. The van der Waals surface area contributed by atoms with Gasteiger partial charge in [-0.2, -0.15) is 0 Å². The molecule has 2 aromatic carbocycles. The van der Waals surface area contributed by atoms with Gasteiger partial charge in [-0.15, -0.1) is 11.3 Å². The molecule has 0 amide bonds. The van der Waals surface area contributed by atoms with Crippen LogP contribution >= 0.6 is 11.3 Å². The van der Waals surface area contributed by atoms with Crippen molar-refractivity contribution < 1.29 is 4.74 Å². The molecule has 0 radical (unpaired) electrons. The first-order valence-electron chi connectivity index (χ1n) is 8.27. The van der Waals surface area contributed by atoms with Crippen LogP contribution in [0.4, 0.5) is 10.8 Å². The number of nitrogens with one attached hydrogen (secondary N) is 2. The Kier molecular flexibility index (Phi) is 4.15. The predicted octanol–water partition coefficient (Wildman–Crippen LogP) is 5.74. The van der Waals surface area contributed by atoms with Crippen molar-refractivity contribution in [3.05, 3.63) is 59.6 Å². The van der Waals surface area contributed by atoms with Crippen molar-refractivity contribution in [3.8, 4) is 17.0 Å². The third-order valence-electron chi connectivity index (χ3n) is 4.07. The minimum absolute atomic E-state index is 0.673. The molecule has 0 aliphatic heterocycles. The largest absolute Gasteiger partial charge is 0.494 e. The molecule has 0 bridgehead atoms. The molecule has 2 N–H and O–H groups in total. The molecule has 2 aromatic heterocycles. The van der Waals surface area contributed by atoms with Crippen molar-refractivity contribution in [1.29, 1.82) is 0 Å². The Bertz CT molecular complexity index is 1000. The quantitative estimate of drug-likeness (QED) is 0.483. The molecule has 0 fully saturated rings. The van der Waals surface area contributed by atoms with Gasteiger partial charge in [0.05, 0.1) is 12.3 Å². The van der Waals surface area contributed by atoms with E-state index in [-0.39, 0.29) is 0 Å². The Morgan fingerprint density at radius 1 is 1.12 bits per heavy atom. The lowest BCUT2D eigenvalue weighted by Gasteiger charge is -2.05. The van der Waals surface area contributed by atoms with E-state index in [1.54, 1.807) is 11.3 Å². The highest BCUT2D eigenvalue weighted by Crippen LogP contribution is 2.34. The highest BCUT2D eigenvalue weighted by Gasteiger charge is 2.13. The van der Waals surface area contributed by atoms with Crippen LogP contribution in [-0.2, 0) is 0 Å². The van der Waals surface area contributed by atoms with Gasteiger partial charge in [0.25, 0.3) is 0 Å². The SMILES string of the molecule is CCOc1ccc(Nc2nc(-c3c(C)[nH]c4ccccc34)cs2)cc1. The van der Waals surface area contributed by atoms with Crippen molar-refractivity contribution >= 4 is 33.1 Å². The Hall–Kier alpha value is -2.79. The van der Waals surface area contributed by atoms with E-state index >= 15 is 0 Å². The molecule has 4 rings (SSSR count). The van der Waals surface area contributed by atoms with E-state index in [4.69, 9.17) is 9.72 Å². The summed E-state index contributed by atoms with van der Waals surface area (Å²) in [6.45, 7) is 4.75. The van der Waals surface area contributed by atoms with Gasteiger partial charge in [0.2, 0.25) is 0 Å². The summed E-state index contributed by atoms with van der Waals surface area (Å²) < 4.78 is 5.47. The van der Waals surface area contributed by atoms with Gasteiger partial charge in [-0.1, -0.05) is 18.2 Å². The third kappa shape index (κ3) is 3.10. The fourth-order valence-corrected chi connectivity index (χ4v) is 3.70. The first kappa shape index (κ1) is 15.7. The van der Waals surface area contributed by atoms with Crippen molar-refractivity contribution in [1.82, 2.24) is 9.97 Å². The average Bonchev–Trinajstić information content (AvgIpc) is 3.19. The van der Waals surface area contributed by atoms with Gasteiger partial charge in [-0.25, -0.2) is 4.98 Å². The number of nitrogens with zero attached hydrogens (tertiary/aromatic N) is 1. The van der Waals surface area contributed by atoms with Crippen LogP contribution in [0.25, 0.3) is 22.2 Å². The molecule has 0 saturated heterocycles. The number of benzene rings is 2. The van der Waals surface area contributed by atoms with Crippen LogP contribution in [0.3, 0.4) is 0 Å². The van der Waals surface area contributed by atoms with Gasteiger partial charge in [-0.3, -0.25) is 0 Å². The lowest BCUT2D eigenvalue weighted by atomic mass is 10.1. The van der Waals surface area contributed by atoms with Crippen molar-refractivity contribution in [2.75, 3.05) is 11.9 Å². The normalized spacial score (nSPS) is 11.0. The minimum atomic E-state index is 0.673. The van der Waals surface area contributed by atoms with Gasteiger partial charge in [0.1, 0.15) is 5.75 Å². The monoisotopic (exact) mass is 349 g/mol. The Balaban J connectivity index is 1.60. The zero-order valence-corrected chi connectivity index (χ0v) is 15.0. The maximum absolute atomic E-state index is 5.47. The van der Waals surface area contributed by atoms with Crippen molar-refractivity contribution in [2.45, 2.75) is 13.8 Å². The van der Waals surface area contributed by atoms with Crippen LogP contribution < -0.4 is 10.1 Å². The van der Waals surface area contributed by atoms with E-state index in [1.165, 1.54) is 10.9 Å². The van der Waals surface area contributed by atoms with Crippen LogP contribution in [0.2, 0.25) is 0 Å². The highest BCUT2D eigenvalue weighted by atomic mass is 32.1. The number of para-hydroxylation sites is 1. The molecule has 2 heterocycles. The standard InChI is InChI=1S/C20H19N3OS/c1-3-24-15-10-8-14(9-11-15)22-20-23-18(12-25-20)19-13(2)21-17-7-5-4-6-16(17)19/h4-12,21H,3H2,1-2H3,(H,22,23). The zero-order chi connectivity index (χ0) is 17.2. The Morgan fingerprint density at radius 3 is 2.72 bits per heavy atom. The molecular weight excluding hydrogens is 330 g/mol. The molecular formula is C20H19N3OS. The second-order valence-electron chi connectivity index (χ2n) is 5.79. The molecule has 5 heteroatoms. The number of aromatic amines is 1. The lowest BCUT2D eigenvalue weighted by molar-refractivity contribution is 0.340. The van der Waals surface area contributed by atoms with Gasteiger partial charge in [0, 0.05) is 33.2 Å².